The molecule has 2 aromatic rings. The van der Waals surface area contributed by atoms with Crippen molar-refractivity contribution in [3.63, 3.8) is 0 Å². The summed E-state index contributed by atoms with van der Waals surface area (Å²) in [4.78, 5) is 77.0. The Balaban J connectivity index is 1.15. The average molecular weight is 817 g/mol. The van der Waals surface area contributed by atoms with Gasteiger partial charge in [-0.1, -0.05) is 31.8 Å². The maximum atomic E-state index is 14.9. The Hall–Kier alpha value is -4.78. The van der Waals surface area contributed by atoms with E-state index in [2.05, 4.69) is 22.7 Å². The number of ether oxygens (including phenoxy) is 2. The molecule has 0 radical (unpaired) electrons. The van der Waals surface area contributed by atoms with Gasteiger partial charge in [-0.05, 0) is 94.2 Å². The van der Waals surface area contributed by atoms with Crippen molar-refractivity contribution >= 4 is 44.6 Å². The fraction of sp³-hybridized carbons (Fsp3) is 0.643. The van der Waals surface area contributed by atoms with Gasteiger partial charge < -0.3 is 19.7 Å². The zero-order valence-electron chi connectivity index (χ0n) is 32.7. The predicted molar refractivity (Wildman–Crippen MR) is 210 cm³/mol. The van der Waals surface area contributed by atoms with Gasteiger partial charge in [0, 0.05) is 18.9 Å². The maximum absolute atomic E-state index is 14.9. The standard InChI is InChI=1S/C42H52N6O9S/c1-2-28-22-42(28,40(53)46-58(54,55)30-15-16-30)45-37(50)34-20-29-24-48(34)39(52)32(26-9-5-6-10-26)21-36(49)57-35-13-8-12-27(35)11-4-3-7-18-47-38(51)31-17-14-25(23-43)19-33(31)44-41(47)56-29/h2,14,17,19,26-30,32,34-35H,1,3-13,15-16,18,20-22,24H2,(H,45,50)(H,46,53)/t27-,28+,29-,32+,34+,35-,42-/m1/s1. The van der Waals surface area contributed by atoms with E-state index in [4.69, 9.17) is 14.5 Å². The normalized spacial score (nSPS) is 30.8. The fourth-order valence-electron chi connectivity index (χ4n) is 9.87. The fourth-order valence-corrected chi connectivity index (χ4v) is 11.2. The molecule has 310 valence electrons. The molecule has 8 rings (SSSR count). The van der Waals surface area contributed by atoms with Crippen molar-refractivity contribution < 1.29 is 37.1 Å². The summed E-state index contributed by atoms with van der Waals surface area (Å²) in [6.07, 6.45) is 10.5. The summed E-state index contributed by atoms with van der Waals surface area (Å²) in [5, 5.41) is 12.1. The van der Waals surface area contributed by atoms with Crippen LogP contribution in [0.15, 0.2) is 35.6 Å². The first-order chi connectivity index (χ1) is 27.9. The first-order valence-corrected chi connectivity index (χ1v) is 22.6. The lowest BCUT2D eigenvalue weighted by Crippen LogP contribution is -2.57. The van der Waals surface area contributed by atoms with Gasteiger partial charge in [-0.3, -0.25) is 33.3 Å². The van der Waals surface area contributed by atoms with E-state index in [1.807, 2.05) is 0 Å². The number of aromatic nitrogens is 2. The largest absolute Gasteiger partial charge is 0.462 e. The Morgan fingerprint density at radius 1 is 0.966 bits per heavy atom. The zero-order valence-corrected chi connectivity index (χ0v) is 33.6. The van der Waals surface area contributed by atoms with Crippen molar-refractivity contribution in [1.82, 2.24) is 24.5 Å². The minimum Gasteiger partial charge on any atom is -0.462 e. The summed E-state index contributed by atoms with van der Waals surface area (Å²) in [7, 11) is -3.92. The summed E-state index contributed by atoms with van der Waals surface area (Å²) in [6, 6.07) is 5.60. The van der Waals surface area contributed by atoms with Crippen molar-refractivity contribution in [1.29, 1.82) is 5.26 Å². The third kappa shape index (κ3) is 7.98. The molecule has 0 spiro atoms. The van der Waals surface area contributed by atoms with E-state index in [0.717, 1.165) is 64.2 Å². The van der Waals surface area contributed by atoms with E-state index in [-0.39, 0.29) is 60.8 Å². The zero-order chi connectivity index (χ0) is 40.8. The monoisotopic (exact) mass is 816 g/mol. The number of nitriles is 1. The van der Waals surface area contributed by atoms with Gasteiger partial charge in [-0.15, -0.1) is 6.58 Å². The maximum Gasteiger partial charge on any atom is 0.306 e. The molecule has 15 nitrogen and oxygen atoms in total. The van der Waals surface area contributed by atoms with Crippen LogP contribution in [0.3, 0.4) is 0 Å². The molecule has 2 aliphatic heterocycles. The minimum atomic E-state index is -3.92. The molecule has 3 heterocycles. The number of fused-ring (bicyclic) bond motifs is 5. The van der Waals surface area contributed by atoms with Gasteiger partial charge in [-0.2, -0.15) is 10.2 Å². The Morgan fingerprint density at radius 2 is 1.71 bits per heavy atom. The SMILES string of the molecule is C=C[C@H]1C[C@]1(NC(=O)[C@@H]1C[C@@H]2CN1C(=O)[C@H](C1CCCC1)CC(=O)O[C@@H]1CCC[C@H]1CCCCCn1c(nc3cc(C#N)ccc3c1=O)O2)C(=O)NS(=O)(=O)C1CC1. The molecule has 0 unspecified atom stereocenters. The highest BCUT2D eigenvalue weighted by molar-refractivity contribution is 7.91. The number of carbonyl (C=O) groups excluding carboxylic acids is 4. The lowest BCUT2D eigenvalue weighted by atomic mass is 9.86. The lowest BCUT2D eigenvalue weighted by molar-refractivity contribution is -0.156. The summed E-state index contributed by atoms with van der Waals surface area (Å²) < 4.78 is 41.9. The second-order valence-electron chi connectivity index (χ2n) is 17.3. The lowest BCUT2D eigenvalue weighted by Gasteiger charge is -2.32. The summed E-state index contributed by atoms with van der Waals surface area (Å²) in [6.45, 7) is 4.02. The summed E-state index contributed by atoms with van der Waals surface area (Å²) in [5.74, 6) is -3.53. The molecule has 1 aromatic carbocycles. The number of carbonyl (C=O) groups is 4. The number of sulfonamides is 1. The van der Waals surface area contributed by atoms with Crippen LogP contribution in [0, 0.1) is 35.0 Å². The molecule has 1 saturated heterocycles. The third-order valence-electron chi connectivity index (χ3n) is 13.4. The van der Waals surface area contributed by atoms with Crippen LogP contribution in [0.25, 0.3) is 10.9 Å². The Labute approximate surface area is 337 Å². The van der Waals surface area contributed by atoms with Crippen LogP contribution in [0.1, 0.15) is 108 Å². The molecular weight excluding hydrogens is 765 g/mol. The summed E-state index contributed by atoms with van der Waals surface area (Å²) >= 11 is 0. The van der Waals surface area contributed by atoms with Gasteiger partial charge in [0.2, 0.25) is 21.8 Å². The Morgan fingerprint density at radius 3 is 2.43 bits per heavy atom. The third-order valence-corrected chi connectivity index (χ3v) is 15.2. The highest BCUT2D eigenvalue weighted by atomic mass is 32.2. The van der Waals surface area contributed by atoms with Gasteiger partial charge in [0.15, 0.2) is 0 Å². The number of nitrogens with zero attached hydrogens (tertiary/aromatic N) is 4. The first-order valence-electron chi connectivity index (χ1n) is 21.0. The molecular formula is C42H52N6O9S. The first kappa shape index (κ1) is 40.0. The second-order valence-corrected chi connectivity index (χ2v) is 19.2. The Kier molecular flexibility index (Phi) is 11.1. The van der Waals surface area contributed by atoms with E-state index in [1.165, 1.54) is 21.6 Å². The van der Waals surface area contributed by atoms with Gasteiger partial charge in [0.05, 0.1) is 46.7 Å². The molecule has 58 heavy (non-hydrogen) atoms. The van der Waals surface area contributed by atoms with Crippen molar-refractivity contribution in [2.75, 3.05) is 6.54 Å². The van der Waals surface area contributed by atoms with Crippen LogP contribution in [0.4, 0.5) is 0 Å². The Bertz CT molecular complexity index is 2210. The molecule has 2 bridgehead atoms. The van der Waals surface area contributed by atoms with E-state index >= 15 is 0 Å². The number of nitrogens with one attached hydrogen (secondary N) is 2. The molecule has 4 saturated carbocycles. The van der Waals surface area contributed by atoms with Gasteiger partial charge in [0.25, 0.3) is 17.5 Å². The number of hydrogen-bond acceptors (Lipinski definition) is 11. The number of esters is 1. The molecule has 16 heteroatoms. The highest BCUT2D eigenvalue weighted by Gasteiger charge is 2.62. The smallest absolute Gasteiger partial charge is 0.306 e. The van der Waals surface area contributed by atoms with Gasteiger partial charge in [-0.25, -0.2) is 8.42 Å². The topological polar surface area (TPSA) is 207 Å². The van der Waals surface area contributed by atoms with Crippen LogP contribution in [-0.4, -0.2) is 82.1 Å². The molecule has 5 fully saturated rings. The van der Waals surface area contributed by atoms with Crippen molar-refractivity contribution in [3.8, 4) is 12.1 Å². The van der Waals surface area contributed by atoms with Crippen LogP contribution >= 0.6 is 0 Å². The van der Waals surface area contributed by atoms with Crippen molar-refractivity contribution in [2.45, 2.75) is 138 Å². The van der Waals surface area contributed by atoms with Crippen molar-refractivity contribution in [3.05, 3.63) is 46.8 Å². The van der Waals surface area contributed by atoms with Crippen LogP contribution < -0.4 is 20.3 Å². The van der Waals surface area contributed by atoms with Crippen molar-refractivity contribution in [2.24, 2.45) is 23.7 Å². The molecule has 6 aliphatic rings. The second kappa shape index (κ2) is 16.1. The van der Waals surface area contributed by atoms with Crippen LogP contribution in [0.5, 0.6) is 6.01 Å². The number of rotatable bonds is 7. The van der Waals surface area contributed by atoms with Crippen LogP contribution in [-0.2, 0) is 40.5 Å². The number of benzene rings is 1. The predicted octanol–water partition coefficient (Wildman–Crippen LogP) is 3.77. The molecule has 2 N–H and O–H groups in total. The van der Waals surface area contributed by atoms with Gasteiger partial charge in [0.1, 0.15) is 23.8 Å². The quantitative estimate of drug-likeness (QED) is 0.304. The molecule has 1 aromatic heterocycles. The minimum absolute atomic E-state index is 0.00832. The molecule has 4 aliphatic carbocycles. The van der Waals surface area contributed by atoms with Crippen LogP contribution in [0.2, 0.25) is 0 Å². The van der Waals surface area contributed by atoms with E-state index in [0.29, 0.717) is 36.8 Å². The summed E-state index contributed by atoms with van der Waals surface area (Å²) in [5.41, 5.74) is -1.31. The van der Waals surface area contributed by atoms with E-state index in [9.17, 15) is 37.7 Å². The van der Waals surface area contributed by atoms with Gasteiger partial charge >= 0.3 is 5.97 Å². The number of hydrogen-bond donors (Lipinski definition) is 2. The highest BCUT2D eigenvalue weighted by Crippen LogP contribution is 2.46. The molecule has 7 atom stereocenters. The van der Waals surface area contributed by atoms with E-state index < -0.39 is 68.5 Å². The molecule has 3 amide bonds. The van der Waals surface area contributed by atoms with E-state index in [1.54, 1.807) is 12.1 Å². The number of amides is 3. The average Bonchev–Trinajstić information content (AvgIpc) is 3.99.